The first-order valence-corrected chi connectivity index (χ1v) is 8.29. The maximum atomic E-state index is 13.2. The summed E-state index contributed by atoms with van der Waals surface area (Å²) >= 11 is 0. The van der Waals surface area contributed by atoms with Crippen molar-refractivity contribution in [2.45, 2.75) is 36.7 Å². The number of hydrogen-bond donors (Lipinski definition) is 0. The van der Waals surface area contributed by atoms with Crippen LogP contribution in [0.1, 0.15) is 19.8 Å². The fourth-order valence-electron chi connectivity index (χ4n) is 3.16. The van der Waals surface area contributed by atoms with Crippen molar-refractivity contribution in [3.8, 4) is 0 Å². The number of hydrogen-bond acceptors (Lipinski definition) is 4. The molecule has 20 heavy (non-hydrogen) atoms. The molecular weight excluding hydrogens is 281 g/mol. The van der Waals surface area contributed by atoms with Crippen molar-refractivity contribution < 1.29 is 12.8 Å². The van der Waals surface area contributed by atoms with Crippen molar-refractivity contribution in [3.05, 3.63) is 24.3 Å². The summed E-state index contributed by atoms with van der Waals surface area (Å²) in [6, 6.07) is 1.23. The third kappa shape index (κ3) is 2.34. The summed E-state index contributed by atoms with van der Waals surface area (Å²) in [5.74, 6) is -0.627. The van der Waals surface area contributed by atoms with Crippen molar-refractivity contribution in [2.75, 3.05) is 19.6 Å². The van der Waals surface area contributed by atoms with E-state index < -0.39 is 15.8 Å². The SMILES string of the molecule is C[C@@H]1CN2CCC[C@@H]2CN1S(=O)(=O)c1cncc(F)c1. The van der Waals surface area contributed by atoms with Crippen LogP contribution in [0.2, 0.25) is 0 Å². The van der Waals surface area contributed by atoms with Crippen molar-refractivity contribution >= 4 is 10.0 Å². The van der Waals surface area contributed by atoms with Crippen molar-refractivity contribution in [1.29, 1.82) is 0 Å². The summed E-state index contributed by atoms with van der Waals surface area (Å²) in [6.07, 6.45) is 4.37. The number of sulfonamides is 1. The lowest BCUT2D eigenvalue weighted by molar-refractivity contribution is 0.117. The first-order chi connectivity index (χ1) is 9.48. The first kappa shape index (κ1) is 13.9. The second kappa shape index (κ2) is 5.05. The summed E-state index contributed by atoms with van der Waals surface area (Å²) in [6.45, 7) is 4.18. The van der Waals surface area contributed by atoms with Gasteiger partial charge in [0.2, 0.25) is 10.0 Å². The molecule has 2 saturated heterocycles. The second-order valence-electron chi connectivity index (χ2n) is 5.55. The molecule has 7 heteroatoms. The zero-order valence-corrected chi connectivity index (χ0v) is 12.2. The Bertz CT molecular complexity index is 607. The van der Waals surface area contributed by atoms with Gasteiger partial charge in [-0.1, -0.05) is 0 Å². The van der Waals surface area contributed by atoms with Crippen LogP contribution in [0.5, 0.6) is 0 Å². The molecule has 0 saturated carbocycles. The molecule has 5 nitrogen and oxygen atoms in total. The highest BCUT2D eigenvalue weighted by atomic mass is 32.2. The topological polar surface area (TPSA) is 53.5 Å². The monoisotopic (exact) mass is 299 g/mol. The Hall–Kier alpha value is -1.05. The van der Waals surface area contributed by atoms with Gasteiger partial charge in [0.1, 0.15) is 10.7 Å². The molecule has 3 rings (SSSR count). The predicted molar refractivity (Wildman–Crippen MR) is 72.1 cm³/mol. The molecule has 1 aromatic rings. The standard InChI is InChI=1S/C13H18FN3O2S/c1-10-8-16-4-2-3-12(16)9-17(10)20(18,19)13-5-11(14)6-15-7-13/h5-7,10,12H,2-4,8-9H2,1H3/t10-,12-/m1/s1. The van der Waals surface area contributed by atoms with Crippen LogP contribution in [0, 0.1) is 5.82 Å². The second-order valence-corrected chi connectivity index (χ2v) is 7.44. The van der Waals surface area contributed by atoms with E-state index in [2.05, 4.69) is 9.88 Å². The van der Waals surface area contributed by atoms with Gasteiger partial charge in [-0.05, 0) is 32.4 Å². The molecule has 0 radical (unpaired) electrons. The van der Waals surface area contributed by atoms with Crippen LogP contribution >= 0.6 is 0 Å². The maximum Gasteiger partial charge on any atom is 0.245 e. The van der Waals surface area contributed by atoms with E-state index in [1.807, 2.05) is 6.92 Å². The normalized spacial score (nSPS) is 28.5. The van der Waals surface area contributed by atoms with Gasteiger partial charge < -0.3 is 0 Å². The lowest BCUT2D eigenvalue weighted by atomic mass is 10.1. The van der Waals surface area contributed by atoms with Gasteiger partial charge in [0.05, 0.1) is 6.20 Å². The summed E-state index contributed by atoms with van der Waals surface area (Å²) in [4.78, 5) is 5.93. The Labute approximate surface area is 118 Å². The molecule has 2 atom stereocenters. The highest BCUT2D eigenvalue weighted by molar-refractivity contribution is 7.89. The Balaban J connectivity index is 1.90. The average Bonchev–Trinajstić information content (AvgIpc) is 2.84. The summed E-state index contributed by atoms with van der Waals surface area (Å²) in [5.41, 5.74) is 0. The molecule has 2 aliphatic rings. The molecule has 110 valence electrons. The number of fused-ring (bicyclic) bond motifs is 1. The van der Waals surface area contributed by atoms with E-state index in [1.165, 1.54) is 10.5 Å². The molecule has 2 aliphatic heterocycles. The minimum Gasteiger partial charge on any atom is -0.297 e. The molecule has 0 spiro atoms. The minimum atomic E-state index is -3.67. The molecular formula is C13H18FN3O2S. The zero-order valence-electron chi connectivity index (χ0n) is 11.4. The molecule has 2 fully saturated rings. The Kier molecular flexibility index (Phi) is 3.51. The van der Waals surface area contributed by atoms with E-state index in [0.29, 0.717) is 12.6 Å². The van der Waals surface area contributed by atoms with Gasteiger partial charge in [-0.2, -0.15) is 4.31 Å². The quantitative estimate of drug-likeness (QED) is 0.820. The summed E-state index contributed by atoms with van der Waals surface area (Å²) < 4.78 is 40.0. The highest BCUT2D eigenvalue weighted by Crippen LogP contribution is 2.28. The van der Waals surface area contributed by atoms with Crippen LogP contribution in [0.4, 0.5) is 4.39 Å². The fraction of sp³-hybridized carbons (Fsp3) is 0.615. The van der Waals surface area contributed by atoms with Crippen LogP contribution in [0.15, 0.2) is 23.4 Å². The number of rotatable bonds is 2. The van der Waals surface area contributed by atoms with Crippen LogP contribution in [0.25, 0.3) is 0 Å². The highest BCUT2D eigenvalue weighted by Gasteiger charge is 2.40. The molecule has 0 aliphatic carbocycles. The molecule has 0 amide bonds. The van der Waals surface area contributed by atoms with Crippen LogP contribution < -0.4 is 0 Å². The average molecular weight is 299 g/mol. The van der Waals surface area contributed by atoms with Gasteiger partial charge in [0.25, 0.3) is 0 Å². The lowest BCUT2D eigenvalue weighted by Crippen LogP contribution is -2.56. The smallest absolute Gasteiger partial charge is 0.245 e. The Morgan fingerprint density at radius 2 is 2.15 bits per heavy atom. The van der Waals surface area contributed by atoms with E-state index in [9.17, 15) is 12.8 Å². The van der Waals surface area contributed by atoms with E-state index in [1.54, 1.807) is 0 Å². The number of pyridine rings is 1. The van der Waals surface area contributed by atoms with Crippen molar-refractivity contribution in [1.82, 2.24) is 14.2 Å². The van der Waals surface area contributed by atoms with Crippen LogP contribution in [-0.2, 0) is 10.0 Å². The number of piperazine rings is 1. The van der Waals surface area contributed by atoms with E-state index in [0.717, 1.165) is 38.2 Å². The van der Waals surface area contributed by atoms with Gasteiger partial charge in [-0.15, -0.1) is 0 Å². The van der Waals surface area contributed by atoms with Gasteiger partial charge in [0.15, 0.2) is 0 Å². The van der Waals surface area contributed by atoms with Crippen LogP contribution in [-0.4, -0.2) is 54.3 Å². The van der Waals surface area contributed by atoms with Gasteiger partial charge >= 0.3 is 0 Å². The number of aromatic nitrogens is 1. The molecule has 1 aromatic heterocycles. The minimum absolute atomic E-state index is 0.0594. The summed E-state index contributed by atoms with van der Waals surface area (Å²) in [5, 5.41) is 0. The summed E-state index contributed by atoms with van der Waals surface area (Å²) in [7, 11) is -3.67. The Morgan fingerprint density at radius 1 is 1.35 bits per heavy atom. The number of halogens is 1. The van der Waals surface area contributed by atoms with E-state index in [-0.39, 0.29) is 10.9 Å². The molecule has 0 bridgehead atoms. The molecule has 0 N–H and O–H groups in total. The third-order valence-corrected chi connectivity index (χ3v) is 6.11. The number of nitrogens with zero attached hydrogens (tertiary/aromatic N) is 3. The van der Waals surface area contributed by atoms with Gasteiger partial charge in [-0.3, -0.25) is 9.88 Å². The predicted octanol–water partition coefficient (Wildman–Crippen LogP) is 1.08. The zero-order chi connectivity index (χ0) is 14.3. The van der Waals surface area contributed by atoms with Gasteiger partial charge in [-0.25, -0.2) is 12.8 Å². The van der Waals surface area contributed by atoms with Crippen molar-refractivity contribution in [3.63, 3.8) is 0 Å². The third-order valence-electron chi connectivity index (χ3n) is 4.17. The van der Waals surface area contributed by atoms with E-state index >= 15 is 0 Å². The molecule has 0 unspecified atom stereocenters. The lowest BCUT2D eigenvalue weighted by Gasteiger charge is -2.41. The Morgan fingerprint density at radius 3 is 2.90 bits per heavy atom. The molecule has 0 aromatic carbocycles. The largest absolute Gasteiger partial charge is 0.297 e. The van der Waals surface area contributed by atoms with E-state index in [4.69, 9.17) is 0 Å². The molecule has 3 heterocycles. The van der Waals surface area contributed by atoms with Crippen LogP contribution in [0.3, 0.4) is 0 Å². The first-order valence-electron chi connectivity index (χ1n) is 6.85. The van der Waals surface area contributed by atoms with Crippen molar-refractivity contribution in [2.24, 2.45) is 0 Å². The fourth-order valence-corrected chi connectivity index (χ4v) is 4.80. The maximum absolute atomic E-state index is 13.2. The van der Waals surface area contributed by atoms with Gasteiger partial charge in [0, 0.05) is 31.4 Å².